The fourth-order valence-corrected chi connectivity index (χ4v) is 3.95. The van der Waals surface area contributed by atoms with Gasteiger partial charge >= 0.3 is 5.97 Å². The Balaban J connectivity index is 1.63. The number of amides is 1. The molecule has 1 amide bonds. The number of hydrogen-bond acceptors (Lipinski definition) is 5. The molecule has 7 nitrogen and oxygen atoms in total. The van der Waals surface area contributed by atoms with Gasteiger partial charge in [0.2, 0.25) is 10.0 Å². The highest BCUT2D eigenvalue weighted by Gasteiger charge is 2.23. The first-order valence-corrected chi connectivity index (χ1v) is 10.3. The summed E-state index contributed by atoms with van der Waals surface area (Å²) in [6.07, 6.45) is 0.764. The molecule has 0 N–H and O–H groups in total. The topological polar surface area (TPSA) is 84.0 Å². The highest BCUT2D eigenvalue weighted by Crippen LogP contribution is 2.19. The van der Waals surface area contributed by atoms with Gasteiger partial charge in [-0.3, -0.25) is 4.79 Å². The number of rotatable bonds is 5. The van der Waals surface area contributed by atoms with Crippen LogP contribution >= 0.6 is 0 Å². The molecule has 3 rings (SSSR count). The molecule has 0 aliphatic carbocycles. The van der Waals surface area contributed by atoms with Gasteiger partial charge in [0, 0.05) is 27.2 Å². The van der Waals surface area contributed by atoms with E-state index in [0.29, 0.717) is 13.1 Å². The number of sulfonamides is 1. The molecular formula is C20H22N2O5S. The predicted molar refractivity (Wildman–Crippen MR) is 103 cm³/mol. The van der Waals surface area contributed by atoms with Gasteiger partial charge in [0.05, 0.1) is 10.5 Å². The third-order valence-corrected chi connectivity index (χ3v) is 6.47. The SMILES string of the molecule is CN(C)S(=O)(=O)c1cccc(C(=O)OCC(=O)N2CCc3ccccc3C2)c1. The largest absolute Gasteiger partial charge is 0.452 e. The van der Waals surface area contributed by atoms with Crippen LogP contribution in [-0.4, -0.2) is 56.7 Å². The average Bonchev–Trinajstić information content (AvgIpc) is 2.71. The fourth-order valence-electron chi connectivity index (χ4n) is 3.00. The molecular weight excluding hydrogens is 380 g/mol. The van der Waals surface area contributed by atoms with Crippen LogP contribution in [0, 0.1) is 0 Å². The van der Waals surface area contributed by atoms with E-state index in [1.807, 2.05) is 24.3 Å². The minimum absolute atomic E-state index is 0.00841. The lowest BCUT2D eigenvalue weighted by atomic mass is 10.00. The summed E-state index contributed by atoms with van der Waals surface area (Å²) in [4.78, 5) is 26.3. The van der Waals surface area contributed by atoms with E-state index in [0.717, 1.165) is 16.3 Å². The first kappa shape index (κ1) is 20.0. The van der Waals surface area contributed by atoms with Crippen molar-refractivity contribution in [3.63, 3.8) is 0 Å². The van der Waals surface area contributed by atoms with E-state index in [1.54, 1.807) is 4.90 Å². The first-order valence-electron chi connectivity index (χ1n) is 8.83. The molecule has 0 saturated carbocycles. The van der Waals surface area contributed by atoms with Crippen LogP contribution in [0.25, 0.3) is 0 Å². The van der Waals surface area contributed by atoms with Gasteiger partial charge < -0.3 is 9.64 Å². The predicted octanol–water partition coefficient (Wildman–Crippen LogP) is 1.68. The molecule has 8 heteroatoms. The summed E-state index contributed by atoms with van der Waals surface area (Å²) in [7, 11) is -0.834. The number of ether oxygens (including phenoxy) is 1. The zero-order valence-corrected chi connectivity index (χ0v) is 16.6. The average molecular weight is 402 g/mol. The molecule has 0 spiro atoms. The maximum atomic E-state index is 12.4. The van der Waals surface area contributed by atoms with Crippen molar-refractivity contribution >= 4 is 21.9 Å². The van der Waals surface area contributed by atoms with Crippen LogP contribution in [0.3, 0.4) is 0 Å². The molecule has 2 aromatic carbocycles. The molecule has 1 aliphatic heterocycles. The van der Waals surface area contributed by atoms with Gasteiger partial charge in [0.15, 0.2) is 6.61 Å². The third-order valence-electron chi connectivity index (χ3n) is 4.66. The van der Waals surface area contributed by atoms with Gasteiger partial charge in [-0.05, 0) is 35.7 Å². The van der Waals surface area contributed by atoms with E-state index in [1.165, 1.54) is 43.9 Å². The molecule has 0 radical (unpaired) electrons. The molecule has 0 unspecified atom stereocenters. The van der Waals surface area contributed by atoms with Gasteiger partial charge in [0.25, 0.3) is 5.91 Å². The number of hydrogen-bond donors (Lipinski definition) is 0. The smallest absolute Gasteiger partial charge is 0.338 e. The van der Waals surface area contributed by atoms with Crippen molar-refractivity contribution in [3.8, 4) is 0 Å². The monoisotopic (exact) mass is 402 g/mol. The van der Waals surface area contributed by atoms with Gasteiger partial charge in [-0.2, -0.15) is 0 Å². The summed E-state index contributed by atoms with van der Waals surface area (Å²) >= 11 is 0. The minimum atomic E-state index is -3.66. The summed E-state index contributed by atoms with van der Waals surface area (Å²) in [6.45, 7) is 0.679. The highest BCUT2D eigenvalue weighted by atomic mass is 32.2. The second kappa shape index (κ2) is 8.12. The van der Waals surface area contributed by atoms with Gasteiger partial charge in [-0.1, -0.05) is 30.3 Å². The zero-order chi connectivity index (χ0) is 20.3. The third kappa shape index (κ3) is 4.23. The minimum Gasteiger partial charge on any atom is -0.452 e. The summed E-state index contributed by atoms with van der Waals surface area (Å²) < 4.78 is 30.6. The van der Waals surface area contributed by atoms with E-state index in [-0.39, 0.29) is 23.0 Å². The summed E-state index contributed by atoms with van der Waals surface area (Å²) in [6, 6.07) is 13.5. The van der Waals surface area contributed by atoms with Crippen LogP contribution < -0.4 is 0 Å². The summed E-state index contributed by atoms with van der Waals surface area (Å²) in [5, 5.41) is 0. The Morgan fingerprint density at radius 1 is 1.07 bits per heavy atom. The molecule has 2 aromatic rings. The van der Waals surface area contributed by atoms with Crippen molar-refractivity contribution in [1.29, 1.82) is 0 Å². The molecule has 0 atom stereocenters. The highest BCUT2D eigenvalue weighted by molar-refractivity contribution is 7.89. The number of benzene rings is 2. The van der Waals surface area contributed by atoms with Crippen molar-refractivity contribution in [2.45, 2.75) is 17.9 Å². The van der Waals surface area contributed by atoms with Crippen LogP contribution in [-0.2, 0) is 32.5 Å². The molecule has 0 aromatic heterocycles. The van der Waals surface area contributed by atoms with Crippen molar-refractivity contribution in [3.05, 3.63) is 65.2 Å². The molecule has 0 fully saturated rings. The Labute approximate surface area is 164 Å². The molecule has 28 heavy (non-hydrogen) atoms. The zero-order valence-electron chi connectivity index (χ0n) is 15.8. The first-order chi connectivity index (χ1) is 13.3. The molecule has 0 saturated heterocycles. The maximum Gasteiger partial charge on any atom is 0.338 e. The Morgan fingerprint density at radius 2 is 1.79 bits per heavy atom. The van der Waals surface area contributed by atoms with Crippen LogP contribution in [0.4, 0.5) is 0 Å². The normalized spacial score (nSPS) is 13.9. The summed E-state index contributed by atoms with van der Waals surface area (Å²) in [5.41, 5.74) is 2.40. The van der Waals surface area contributed by atoms with E-state index in [9.17, 15) is 18.0 Å². The quantitative estimate of drug-likeness (QED) is 0.711. The standard InChI is InChI=1S/C20H22N2O5S/c1-21(2)28(25,26)18-9-5-8-16(12-18)20(24)27-14-19(23)22-11-10-15-6-3-4-7-17(15)13-22/h3-9,12H,10-11,13-14H2,1-2H3. The van der Waals surface area contributed by atoms with Gasteiger partial charge in [0.1, 0.15) is 0 Å². The summed E-state index contributed by atoms with van der Waals surface area (Å²) in [5.74, 6) is -1.01. The van der Waals surface area contributed by atoms with E-state index in [4.69, 9.17) is 4.74 Å². The van der Waals surface area contributed by atoms with Crippen molar-refractivity contribution in [2.75, 3.05) is 27.2 Å². The van der Waals surface area contributed by atoms with Gasteiger partial charge in [-0.15, -0.1) is 0 Å². The van der Waals surface area contributed by atoms with E-state index >= 15 is 0 Å². The van der Waals surface area contributed by atoms with Gasteiger partial charge in [-0.25, -0.2) is 17.5 Å². The molecule has 148 valence electrons. The fraction of sp³-hybridized carbons (Fsp3) is 0.300. The number of nitrogens with zero attached hydrogens (tertiary/aromatic N) is 2. The molecule has 1 aliphatic rings. The lowest BCUT2D eigenvalue weighted by Gasteiger charge is -2.28. The van der Waals surface area contributed by atoms with Crippen molar-refractivity contribution < 1.29 is 22.7 Å². The maximum absolute atomic E-state index is 12.4. The lowest BCUT2D eigenvalue weighted by Crippen LogP contribution is -2.38. The van der Waals surface area contributed by atoms with Crippen molar-refractivity contribution in [1.82, 2.24) is 9.21 Å². The second-order valence-corrected chi connectivity index (χ2v) is 8.88. The number of carbonyl (C=O) groups excluding carboxylic acids is 2. The lowest BCUT2D eigenvalue weighted by molar-refractivity contribution is -0.135. The van der Waals surface area contributed by atoms with Crippen LogP contribution in [0.15, 0.2) is 53.4 Å². The Kier molecular flexibility index (Phi) is 5.81. The van der Waals surface area contributed by atoms with E-state index in [2.05, 4.69) is 0 Å². The molecule has 1 heterocycles. The van der Waals surface area contributed by atoms with Crippen LogP contribution in [0.1, 0.15) is 21.5 Å². The molecule has 0 bridgehead atoms. The number of fused-ring (bicyclic) bond motifs is 1. The van der Waals surface area contributed by atoms with E-state index < -0.39 is 16.0 Å². The second-order valence-electron chi connectivity index (χ2n) is 6.73. The number of carbonyl (C=O) groups is 2. The van der Waals surface area contributed by atoms with Crippen molar-refractivity contribution in [2.24, 2.45) is 0 Å². The Bertz CT molecular complexity index is 1000. The Morgan fingerprint density at radius 3 is 2.50 bits per heavy atom. The van der Waals surface area contributed by atoms with Crippen LogP contribution in [0.2, 0.25) is 0 Å². The Hall–Kier alpha value is -2.71. The number of esters is 1. The van der Waals surface area contributed by atoms with Crippen LogP contribution in [0.5, 0.6) is 0 Å².